The zero-order chi connectivity index (χ0) is 20.6. The van der Waals surface area contributed by atoms with Gasteiger partial charge in [-0.25, -0.2) is 18.4 Å². The Balaban J connectivity index is 1.89. The Morgan fingerprint density at radius 3 is 2.66 bits per heavy atom. The molecule has 4 rings (SSSR count). The minimum atomic E-state index is -3.53. The van der Waals surface area contributed by atoms with E-state index in [9.17, 15) is 13.2 Å². The molecular weight excluding hydrogens is 392 g/mol. The second kappa shape index (κ2) is 7.47. The van der Waals surface area contributed by atoms with Crippen LogP contribution in [0.1, 0.15) is 19.8 Å². The van der Waals surface area contributed by atoms with Crippen LogP contribution in [-0.2, 0) is 17.1 Å². The fourth-order valence-electron chi connectivity index (χ4n) is 3.03. The van der Waals surface area contributed by atoms with Gasteiger partial charge >= 0.3 is 0 Å². The zero-order valence-corrected chi connectivity index (χ0v) is 17.1. The van der Waals surface area contributed by atoms with Gasteiger partial charge in [-0.3, -0.25) is 9.52 Å². The van der Waals surface area contributed by atoms with Crippen LogP contribution in [0.15, 0.2) is 41.5 Å². The molecule has 1 aliphatic rings. The third-order valence-corrected chi connectivity index (χ3v) is 6.15. The van der Waals surface area contributed by atoms with Crippen molar-refractivity contribution in [2.45, 2.75) is 19.8 Å². The first-order chi connectivity index (χ1) is 13.9. The van der Waals surface area contributed by atoms with Crippen molar-refractivity contribution >= 4 is 26.7 Å². The molecule has 0 spiro atoms. The Hall–Kier alpha value is -2.94. The summed E-state index contributed by atoms with van der Waals surface area (Å²) in [5.74, 6) is 0.866. The van der Waals surface area contributed by atoms with Crippen LogP contribution in [0.4, 0.5) is 5.95 Å². The van der Waals surface area contributed by atoms with E-state index < -0.39 is 10.0 Å². The molecule has 2 aromatic heterocycles. The van der Waals surface area contributed by atoms with E-state index in [1.165, 1.54) is 17.7 Å². The molecule has 0 unspecified atom stereocenters. The van der Waals surface area contributed by atoms with Gasteiger partial charge in [-0.05, 0) is 37.1 Å². The van der Waals surface area contributed by atoms with Gasteiger partial charge in [0.2, 0.25) is 16.0 Å². The van der Waals surface area contributed by atoms with Gasteiger partial charge in [0.05, 0.1) is 18.6 Å². The Bertz CT molecular complexity index is 1230. The summed E-state index contributed by atoms with van der Waals surface area (Å²) in [6, 6.07) is 7.25. The molecule has 1 saturated carbocycles. The third kappa shape index (κ3) is 4.09. The molecule has 0 aliphatic heterocycles. The molecule has 0 atom stereocenters. The van der Waals surface area contributed by atoms with Gasteiger partial charge in [-0.1, -0.05) is 18.2 Å². The van der Waals surface area contributed by atoms with Crippen molar-refractivity contribution in [3.05, 3.63) is 47.0 Å². The molecule has 1 aromatic carbocycles. The molecule has 0 bridgehead atoms. The minimum Gasteiger partial charge on any atom is -0.489 e. The van der Waals surface area contributed by atoms with Crippen LogP contribution < -0.4 is 15.0 Å². The topological polar surface area (TPSA) is 103 Å². The molecule has 0 amide bonds. The zero-order valence-electron chi connectivity index (χ0n) is 16.3. The van der Waals surface area contributed by atoms with Crippen LogP contribution in [0, 0.1) is 5.92 Å². The number of sulfonamides is 1. The number of nitrogens with one attached hydrogen (secondary N) is 1. The highest BCUT2D eigenvalue weighted by Gasteiger charge is 2.24. The second-order valence-corrected chi connectivity index (χ2v) is 9.18. The molecule has 152 valence electrons. The van der Waals surface area contributed by atoms with Crippen LogP contribution in [0.5, 0.6) is 5.75 Å². The van der Waals surface area contributed by atoms with Gasteiger partial charge in [-0.15, -0.1) is 0 Å². The van der Waals surface area contributed by atoms with Crippen molar-refractivity contribution in [3.63, 3.8) is 0 Å². The molecule has 29 heavy (non-hydrogen) atoms. The summed E-state index contributed by atoms with van der Waals surface area (Å²) in [6.07, 6.45) is 5.44. The molecule has 1 fully saturated rings. The lowest BCUT2D eigenvalue weighted by molar-refractivity contribution is 0.299. The number of benzene rings is 1. The maximum Gasteiger partial charge on any atom is 0.258 e. The lowest BCUT2D eigenvalue weighted by Gasteiger charge is -2.15. The van der Waals surface area contributed by atoms with Gasteiger partial charge in [-0.2, -0.15) is 0 Å². The predicted octanol–water partition coefficient (Wildman–Crippen LogP) is 2.55. The van der Waals surface area contributed by atoms with Gasteiger partial charge in [0.25, 0.3) is 5.56 Å². The first-order valence-electron chi connectivity index (χ1n) is 9.47. The van der Waals surface area contributed by atoms with E-state index in [1.807, 2.05) is 12.1 Å². The Morgan fingerprint density at radius 1 is 1.24 bits per heavy atom. The summed E-state index contributed by atoms with van der Waals surface area (Å²) in [4.78, 5) is 21.1. The van der Waals surface area contributed by atoms with Gasteiger partial charge in [0.1, 0.15) is 5.69 Å². The van der Waals surface area contributed by atoms with E-state index in [1.54, 1.807) is 25.4 Å². The number of hydrogen-bond acceptors (Lipinski definition) is 6. The van der Waals surface area contributed by atoms with Crippen LogP contribution in [0.2, 0.25) is 0 Å². The number of aromatic nitrogens is 3. The number of ether oxygens (including phenoxy) is 1. The highest BCUT2D eigenvalue weighted by atomic mass is 32.2. The molecule has 2 heterocycles. The number of aryl methyl sites for hydroxylation is 1. The van der Waals surface area contributed by atoms with Crippen molar-refractivity contribution in [2.75, 3.05) is 17.1 Å². The van der Waals surface area contributed by atoms with Crippen molar-refractivity contribution in [2.24, 2.45) is 13.0 Å². The lowest BCUT2D eigenvalue weighted by atomic mass is 10.0. The Labute approximate surface area is 168 Å². The number of anilines is 1. The Kier molecular flexibility index (Phi) is 4.99. The summed E-state index contributed by atoms with van der Waals surface area (Å²) in [6.45, 7) is 2.09. The maximum absolute atomic E-state index is 12.5. The first kappa shape index (κ1) is 19.4. The van der Waals surface area contributed by atoms with E-state index in [0.29, 0.717) is 34.9 Å². The second-order valence-electron chi connectivity index (χ2n) is 7.17. The quantitative estimate of drug-likeness (QED) is 0.637. The average molecular weight is 414 g/mol. The molecule has 1 aliphatic carbocycles. The van der Waals surface area contributed by atoms with Gasteiger partial charge in [0, 0.05) is 24.2 Å². The summed E-state index contributed by atoms with van der Waals surface area (Å²) in [5, 5.41) is 1.27. The minimum absolute atomic E-state index is 0.0291. The molecule has 3 aromatic rings. The Morgan fingerprint density at radius 2 is 1.97 bits per heavy atom. The summed E-state index contributed by atoms with van der Waals surface area (Å²) in [7, 11) is -1.86. The molecule has 0 radical (unpaired) electrons. The first-order valence-corrected chi connectivity index (χ1v) is 11.1. The highest BCUT2D eigenvalue weighted by molar-refractivity contribution is 7.92. The summed E-state index contributed by atoms with van der Waals surface area (Å²) in [5.41, 5.74) is 1.000. The van der Waals surface area contributed by atoms with Crippen LogP contribution in [0.3, 0.4) is 0 Å². The molecule has 8 nitrogen and oxygen atoms in total. The van der Waals surface area contributed by atoms with Crippen molar-refractivity contribution in [3.8, 4) is 17.0 Å². The van der Waals surface area contributed by atoms with Crippen LogP contribution >= 0.6 is 0 Å². The van der Waals surface area contributed by atoms with Crippen molar-refractivity contribution in [1.29, 1.82) is 0 Å². The largest absolute Gasteiger partial charge is 0.489 e. The maximum atomic E-state index is 12.5. The van der Waals surface area contributed by atoms with E-state index in [-0.39, 0.29) is 17.3 Å². The standard InChI is InChI=1S/C20H22N4O4S/c1-3-29(26,27)23-20-21-10-17(28-12-13-8-9-13)18(22-20)16-11-24(2)19(25)15-7-5-4-6-14(15)16/h4-7,10-11,13H,3,8-9,12H2,1-2H3,(H,21,22,23). The van der Waals surface area contributed by atoms with Gasteiger partial charge < -0.3 is 9.30 Å². The normalized spacial score (nSPS) is 14.1. The van der Waals surface area contributed by atoms with E-state index in [0.717, 1.165) is 18.2 Å². The molecule has 9 heteroatoms. The predicted molar refractivity (Wildman–Crippen MR) is 112 cm³/mol. The number of nitrogens with zero attached hydrogens (tertiary/aromatic N) is 3. The number of hydrogen-bond donors (Lipinski definition) is 1. The summed E-state index contributed by atoms with van der Waals surface area (Å²) >= 11 is 0. The van der Waals surface area contributed by atoms with Crippen molar-refractivity contribution < 1.29 is 13.2 Å². The fraction of sp³-hybridized carbons (Fsp3) is 0.350. The third-order valence-electron chi connectivity index (χ3n) is 4.90. The van der Waals surface area contributed by atoms with Crippen molar-refractivity contribution in [1.82, 2.24) is 14.5 Å². The van der Waals surface area contributed by atoms with E-state index in [2.05, 4.69) is 14.7 Å². The van der Waals surface area contributed by atoms with E-state index >= 15 is 0 Å². The van der Waals surface area contributed by atoms with E-state index in [4.69, 9.17) is 4.74 Å². The molecular formula is C20H22N4O4S. The fourth-order valence-corrected chi connectivity index (χ4v) is 3.55. The number of rotatable bonds is 7. The average Bonchev–Trinajstić information content (AvgIpc) is 3.54. The van der Waals surface area contributed by atoms with Gasteiger partial charge in [0.15, 0.2) is 5.75 Å². The lowest BCUT2D eigenvalue weighted by Crippen LogP contribution is -2.18. The SMILES string of the molecule is CCS(=O)(=O)Nc1ncc(OCC2CC2)c(-c2cn(C)c(=O)c3ccccc23)n1. The summed E-state index contributed by atoms with van der Waals surface area (Å²) < 4.78 is 33.8. The smallest absolute Gasteiger partial charge is 0.258 e. The molecule has 0 saturated heterocycles. The highest BCUT2D eigenvalue weighted by Crippen LogP contribution is 2.35. The number of fused-ring (bicyclic) bond motifs is 1. The molecule has 1 N–H and O–H groups in total. The van der Waals surface area contributed by atoms with Crippen LogP contribution in [0.25, 0.3) is 22.0 Å². The monoisotopic (exact) mass is 414 g/mol. The van der Waals surface area contributed by atoms with Crippen LogP contribution in [-0.4, -0.2) is 35.3 Å². The number of pyridine rings is 1.